The molecule has 0 atom stereocenters. The average molecular weight is 581 g/mol. The number of alkyl halides is 3. The lowest BCUT2D eigenvalue weighted by Gasteiger charge is -2.11. The molecule has 0 radical (unpaired) electrons. The van der Waals surface area contributed by atoms with Gasteiger partial charge in [0.05, 0.1) is 28.9 Å². The summed E-state index contributed by atoms with van der Waals surface area (Å²) < 4.78 is 49.1. The van der Waals surface area contributed by atoms with Gasteiger partial charge in [0.15, 0.2) is 5.75 Å². The Morgan fingerprint density at radius 2 is 1.93 bits per heavy atom. The van der Waals surface area contributed by atoms with Gasteiger partial charge in [0.2, 0.25) is 11.8 Å². The third kappa shape index (κ3) is 7.45. The third-order valence-electron chi connectivity index (χ3n) is 5.55. The van der Waals surface area contributed by atoms with Crippen molar-refractivity contribution < 1.29 is 32.5 Å². The molecule has 2 heterocycles. The van der Waals surface area contributed by atoms with Crippen LogP contribution in [-0.2, 0) is 13.2 Å². The number of benzene rings is 2. The number of methoxy groups -OCH3 is 1. The zero-order valence-electron chi connectivity index (χ0n) is 22.1. The van der Waals surface area contributed by atoms with Crippen molar-refractivity contribution >= 4 is 40.1 Å². The number of anilines is 2. The van der Waals surface area contributed by atoms with Crippen LogP contribution in [0.1, 0.15) is 16.1 Å². The minimum absolute atomic E-state index is 0.0933. The lowest BCUT2D eigenvalue weighted by Crippen LogP contribution is -2.21. The summed E-state index contributed by atoms with van der Waals surface area (Å²) in [5.41, 5.74) is 5.16. The fourth-order valence-electron chi connectivity index (χ4n) is 3.62. The summed E-state index contributed by atoms with van der Waals surface area (Å²) in [5, 5.41) is 12.8. The van der Waals surface area contributed by atoms with Crippen molar-refractivity contribution in [3.8, 4) is 17.4 Å². The van der Waals surface area contributed by atoms with Crippen LogP contribution in [0, 0.1) is 0 Å². The van der Waals surface area contributed by atoms with Gasteiger partial charge in [-0.2, -0.15) is 18.2 Å². The Kier molecular flexibility index (Phi) is 9.66. The number of nitrogens with zero attached hydrogens (tertiary/aromatic N) is 4. The first-order valence-electron chi connectivity index (χ1n) is 11.7. The number of carboxylic acids is 1. The maximum Gasteiger partial charge on any atom is 0.417 e. The van der Waals surface area contributed by atoms with Gasteiger partial charge in [0, 0.05) is 43.9 Å². The number of hydrogen-bond acceptors (Lipinski definition) is 8. The smallest absolute Gasteiger partial charge is 0.417 e. The van der Waals surface area contributed by atoms with Crippen LogP contribution in [0.25, 0.3) is 10.9 Å². The van der Waals surface area contributed by atoms with E-state index < -0.39 is 22.7 Å². The number of carboxylic acid groups (broad SMARTS) is 1. The summed E-state index contributed by atoms with van der Waals surface area (Å²) in [6.45, 7) is 1.57. The molecule has 10 nitrogen and oxygen atoms in total. The van der Waals surface area contributed by atoms with Crippen molar-refractivity contribution in [1.29, 1.82) is 0 Å². The van der Waals surface area contributed by atoms with Crippen LogP contribution in [0.4, 0.5) is 24.8 Å². The Balaban J connectivity index is 0.000000267. The van der Waals surface area contributed by atoms with Crippen LogP contribution >= 0.6 is 11.6 Å². The standard InChI is InChI=1S/C18H21N5O3.C8H7ClF3NO/c1-22(2)10-9-20-18-19-8-7-15(21-18)26-14-6-4-5-12-11-13(17(24)25)23(3)16(12)14;1-14-7-3-5(9)4(2-6(7)13)8(10,11)12/h4-8,11H,9-10H2,1-3H3,(H,24,25)(H,19,20,21);2-3H,13H2,1H3. The minimum atomic E-state index is -4.50. The molecule has 40 heavy (non-hydrogen) atoms. The number of rotatable bonds is 8. The molecule has 214 valence electrons. The average Bonchev–Trinajstić information content (AvgIpc) is 3.22. The van der Waals surface area contributed by atoms with E-state index in [0.29, 0.717) is 29.6 Å². The van der Waals surface area contributed by atoms with Crippen molar-refractivity contribution in [1.82, 2.24) is 19.4 Å². The van der Waals surface area contributed by atoms with Crippen LogP contribution in [-0.4, -0.2) is 64.8 Å². The highest BCUT2D eigenvalue weighted by molar-refractivity contribution is 6.31. The maximum atomic E-state index is 12.3. The van der Waals surface area contributed by atoms with Crippen LogP contribution in [0.2, 0.25) is 5.02 Å². The van der Waals surface area contributed by atoms with Crippen LogP contribution in [0.15, 0.2) is 48.7 Å². The molecule has 0 saturated heterocycles. The van der Waals surface area contributed by atoms with E-state index in [1.54, 1.807) is 36.0 Å². The molecular formula is C26H28ClF3N6O4. The number of carbonyl (C=O) groups is 1. The van der Waals surface area contributed by atoms with E-state index in [1.807, 2.05) is 26.2 Å². The number of aryl methyl sites for hydroxylation is 1. The molecule has 0 unspecified atom stereocenters. The summed E-state index contributed by atoms with van der Waals surface area (Å²) >= 11 is 5.41. The van der Waals surface area contributed by atoms with Gasteiger partial charge in [-0.1, -0.05) is 23.7 Å². The number of nitrogen functional groups attached to an aromatic ring is 1. The van der Waals surface area contributed by atoms with Gasteiger partial charge in [0.25, 0.3) is 0 Å². The van der Waals surface area contributed by atoms with Crippen molar-refractivity contribution in [3.05, 3.63) is 64.9 Å². The predicted molar refractivity (Wildman–Crippen MR) is 146 cm³/mol. The maximum absolute atomic E-state index is 12.3. The lowest BCUT2D eigenvalue weighted by atomic mass is 10.2. The molecule has 0 aliphatic rings. The van der Waals surface area contributed by atoms with E-state index in [-0.39, 0.29) is 17.1 Å². The molecule has 2 aromatic heterocycles. The van der Waals surface area contributed by atoms with E-state index in [2.05, 4.69) is 20.2 Å². The summed E-state index contributed by atoms with van der Waals surface area (Å²) in [6.07, 6.45) is -2.88. The number of ether oxygens (including phenoxy) is 2. The van der Waals surface area contributed by atoms with Crippen LogP contribution < -0.4 is 20.5 Å². The van der Waals surface area contributed by atoms with Gasteiger partial charge < -0.3 is 35.1 Å². The third-order valence-corrected chi connectivity index (χ3v) is 5.86. The summed E-state index contributed by atoms with van der Waals surface area (Å²) in [6, 6.07) is 10.5. The number of fused-ring (bicyclic) bond motifs is 1. The highest BCUT2D eigenvalue weighted by Gasteiger charge is 2.34. The number of likely N-dealkylation sites (N-methyl/N-ethyl adjacent to an activating group) is 1. The molecular weight excluding hydrogens is 553 g/mol. The van der Waals surface area contributed by atoms with Crippen molar-refractivity contribution in [2.75, 3.05) is 45.3 Å². The fourth-order valence-corrected chi connectivity index (χ4v) is 3.88. The topological polar surface area (TPSA) is 128 Å². The van der Waals surface area contributed by atoms with Gasteiger partial charge in [-0.15, -0.1) is 0 Å². The van der Waals surface area contributed by atoms with Gasteiger partial charge in [-0.3, -0.25) is 0 Å². The number of para-hydroxylation sites is 1. The van der Waals surface area contributed by atoms with Crippen LogP contribution in [0.3, 0.4) is 0 Å². The fraction of sp³-hybridized carbons (Fsp3) is 0.269. The molecule has 4 aromatic rings. The van der Waals surface area contributed by atoms with Gasteiger partial charge in [-0.05, 0) is 32.3 Å². The zero-order chi connectivity index (χ0) is 29.6. The molecule has 2 aromatic carbocycles. The largest absolute Gasteiger partial charge is 0.495 e. The molecule has 0 fully saturated rings. The predicted octanol–water partition coefficient (Wildman–Crippen LogP) is 5.38. The molecule has 4 N–H and O–H groups in total. The van der Waals surface area contributed by atoms with Gasteiger partial charge >= 0.3 is 12.1 Å². The van der Waals surface area contributed by atoms with Gasteiger partial charge in [-0.25, -0.2) is 9.78 Å². The highest BCUT2D eigenvalue weighted by atomic mass is 35.5. The number of nitrogens with one attached hydrogen (secondary N) is 1. The van der Waals surface area contributed by atoms with Crippen molar-refractivity contribution in [2.24, 2.45) is 7.05 Å². The summed E-state index contributed by atoms with van der Waals surface area (Å²) in [7, 11) is 6.99. The molecule has 0 aliphatic heterocycles. The van der Waals surface area contributed by atoms with Crippen molar-refractivity contribution in [3.63, 3.8) is 0 Å². The first-order chi connectivity index (χ1) is 18.8. The first kappa shape index (κ1) is 30.3. The normalized spacial score (nSPS) is 11.2. The number of nitrogens with two attached hydrogens (primary N) is 1. The van der Waals surface area contributed by atoms with E-state index in [4.69, 9.17) is 26.8 Å². The molecule has 0 saturated carbocycles. The minimum Gasteiger partial charge on any atom is -0.495 e. The van der Waals surface area contributed by atoms with Gasteiger partial charge in [0.1, 0.15) is 11.4 Å². The molecule has 0 aliphatic carbocycles. The second-order valence-electron chi connectivity index (χ2n) is 8.71. The SMILES string of the molecule is CN(C)CCNc1nccc(Oc2cccc3cc(C(=O)O)n(C)c23)n1.COc1cc(Cl)c(C(F)(F)F)cc1N. The van der Waals surface area contributed by atoms with E-state index in [9.17, 15) is 23.1 Å². The number of hydrogen-bond donors (Lipinski definition) is 3. The summed E-state index contributed by atoms with van der Waals surface area (Å²) in [5.74, 6) is 0.551. The zero-order valence-corrected chi connectivity index (χ0v) is 22.8. The highest BCUT2D eigenvalue weighted by Crippen LogP contribution is 2.39. The first-order valence-corrected chi connectivity index (χ1v) is 12.1. The molecule has 0 bridgehead atoms. The Labute approximate surface area is 233 Å². The lowest BCUT2D eigenvalue weighted by molar-refractivity contribution is -0.137. The molecule has 0 spiro atoms. The Morgan fingerprint density at radius 3 is 2.55 bits per heavy atom. The van der Waals surface area contributed by atoms with E-state index >= 15 is 0 Å². The second-order valence-corrected chi connectivity index (χ2v) is 9.12. The Morgan fingerprint density at radius 1 is 1.20 bits per heavy atom. The Hall–Kier alpha value is -4.23. The number of aromatic carboxylic acids is 1. The van der Waals surface area contributed by atoms with E-state index in [1.165, 1.54) is 7.11 Å². The Bertz CT molecular complexity index is 1490. The quantitative estimate of drug-likeness (QED) is 0.235. The summed E-state index contributed by atoms with van der Waals surface area (Å²) in [4.78, 5) is 22.0. The monoisotopic (exact) mass is 580 g/mol. The van der Waals surface area contributed by atoms with Crippen molar-refractivity contribution in [2.45, 2.75) is 6.18 Å². The van der Waals surface area contributed by atoms with Crippen LogP contribution in [0.5, 0.6) is 17.4 Å². The number of halogens is 4. The second kappa shape index (κ2) is 12.7. The van der Waals surface area contributed by atoms with E-state index in [0.717, 1.165) is 24.1 Å². The molecule has 4 rings (SSSR count). The molecule has 0 amide bonds. The number of aromatic nitrogens is 3. The molecule has 14 heteroatoms.